The highest BCUT2D eigenvalue weighted by atomic mass is 16.1. The molecule has 0 unspecified atom stereocenters. The summed E-state index contributed by atoms with van der Waals surface area (Å²) in [7, 11) is 0. The maximum atomic E-state index is 13.0. The van der Waals surface area contributed by atoms with Crippen LogP contribution in [0, 0.1) is 11.3 Å². The molecule has 0 aromatic rings. The molecule has 2 atom stereocenters. The normalized spacial score (nSPS) is 15.8. The van der Waals surface area contributed by atoms with E-state index in [4.69, 9.17) is 0 Å². The van der Waals surface area contributed by atoms with Crippen molar-refractivity contribution in [2.75, 3.05) is 0 Å². The molecule has 2 nitrogen and oxygen atoms in total. The van der Waals surface area contributed by atoms with E-state index in [0.717, 1.165) is 38.5 Å². The van der Waals surface area contributed by atoms with Gasteiger partial charge in [-0.1, -0.05) is 54.4 Å². The first kappa shape index (κ1) is 20.6. The minimum absolute atomic E-state index is 0.0997. The standard InChI is InChI=1S/C19H39NO/c1-9-13-15(17(21)18(5,6)11-3)16(14-10-2)20-19(7,8)12-4/h15-16,20H,9-14H2,1-8H3/t15-,16-/m0/s1. The van der Waals surface area contributed by atoms with Crippen LogP contribution in [0.2, 0.25) is 0 Å². The van der Waals surface area contributed by atoms with Crippen LogP contribution in [0.3, 0.4) is 0 Å². The number of nitrogens with one attached hydrogen (secondary N) is 1. The van der Waals surface area contributed by atoms with Gasteiger partial charge in [-0.25, -0.2) is 0 Å². The van der Waals surface area contributed by atoms with Crippen molar-refractivity contribution in [3.63, 3.8) is 0 Å². The molecule has 0 aliphatic heterocycles. The highest BCUT2D eigenvalue weighted by molar-refractivity contribution is 5.86. The van der Waals surface area contributed by atoms with Crippen LogP contribution in [-0.2, 0) is 4.79 Å². The lowest BCUT2D eigenvalue weighted by atomic mass is 9.74. The number of hydrogen-bond acceptors (Lipinski definition) is 2. The Kier molecular flexibility index (Phi) is 8.77. The fraction of sp³-hybridized carbons (Fsp3) is 0.947. The van der Waals surface area contributed by atoms with Crippen LogP contribution in [-0.4, -0.2) is 17.4 Å². The Bertz CT molecular complexity index is 307. The second-order valence-electron chi connectivity index (χ2n) is 7.77. The van der Waals surface area contributed by atoms with Crippen molar-refractivity contribution >= 4 is 5.78 Å². The minimum atomic E-state index is -0.204. The van der Waals surface area contributed by atoms with Gasteiger partial charge in [0.05, 0.1) is 0 Å². The lowest BCUT2D eigenvalue weighted by Gasteiger charge is -2.38. The molecule has 0 heterocycles. The van der Waals surface area contributed by atoms with Gasteiger partial charge in [0.25, 0.3) is 0 Å². The van der Waals surface area contributed by atoms with Gasteiger partial charge in [0.15, 0.2) is 0 Å². The molecule has 0 aromatic carbocycles. The van der Waals surface area contributed by atoms with Crippen molar-refractivity contribution in [3.05, 3.63) is 0 Å². The Morgan fingerprint density at radius 2 is 1.43 bits per heavy atom. The van der Waals surface area contributed by atoms with Gasteiger partial charge in [0.1, 0.15) is 5.78 Å². The zero-order valence-corrected chi connectivity index (χ0v) is 15.8. The van der Waals surface area contributed by atoms with Gasteiger partial charge in [-0.05, 0) is 39.5 Å². The van der Waals surface area contributed by atoms with E-state index in [0.29, 0.717) is 11.8 Å². The van der Waals surface area contributed by atoms with Gasteiger partial charge in [-0.15, -0.1) is 0 Å². The van der Waals surface area contributed by atoms with Gasteiger partial charge in [0, 0.05) is 22.9 Å². The molecule has 0 saturated heterocycles. The van der Waals surface area contributed by atoms with Crippen LogP contribution in [0.5, 0.6) is 0 Å². The molecule has 0 saturated carbocycles. The molecule has 0 rings (SSSR count). The molecule has 0 aromatic heterocycles. The number of ketones is 1. The maximum absolute atomic E-state index is 13.0. The predicted octanol–water partition coefficient (Wildman–Crippen LogP) is 5.35. The van der Waals surface area contributed by atoms with E-state index in [1.54, 1.807) is 0 Å². The lowest BCUT2D eigenvalue weighted by Crippen LogP contribution is -2.52. The number of Topliss-reactive ketones (excluding diaryl/α,β-unsaturated/α-hetero) is 1. The third-order valence-electron chi connectivity index (χ3n) is 5.03. The molecule has 2 heteroatoms. The SMILES string of the molecule is CCC[C@H](NC(C)(C)CC)[C@H](CCC)C(=O)C(C)(C)CC. The van der Waals surface area contributed by atoms with Crippen molar-refractivity contribution in [2.24, 2.45) is 11.3 Å². The number of carbonyl (C=O) groups excluding carboxylic acids is 1. The fourth-order valence-electron chi connectivity index (χ4n) is 2.79. The molecule has 0 aliphatic rings. The molecule has 126 valence electrons. The molecule has 0 fully saturated rings. The Balaban J connectivity index is 5.28. The smallest absolute Gasteiger partial charge is 0.143 e. The summed E-state index contributed by atoms with van der Waals surface area (Å²) in [5.74, 6) is 0.598. The zero-order chi connectivity index (χ0) is 16.7. The van der Waals surface area contributed by atoms with E-state index in [1.165, 1.54) is 0 Å². The molecule has 0 bridgehead atoms. The molecule has 21 heavy (non-hydrogen) atoms. The lowest BCUT2D eigenvalue weighted by molar-refractivity contribution is -0.133. The van der Waals surface area contributed by atoms with E-state index in [2.05, 4.69) is 60.7 Å². The van der Waals surface area contributed by atoms with E-state index >= 15 is 0 Å². The van der Waals surface area contributed by atoms with E-state index in [1.807, 2.05) is 0 Å². The number of carbonyl (C=O) groups is 1. The highest BCUT2D eigenvalue weighted by Gasteiger charge is 2.37. The van der Waals surface area contributed by atoms with E-state index in [9.17, 15) is 4.79 Å². The summed E-state index contributed by atoms with van der Waals surface area (Å²) < 4.78 is 0. The molecular weight excluding hydrogens is 258 g/mol. The van der Waals surface area contributed by atoms with Gasteiger partial charge < -0.3 is 5.32 Å². The summed E-state index contributed by atoms with van der Waals surface area (Å²) in [5.41, 5.74) is -0.105. The number of hydrogen-bond donors (Lipinski definition) is 1. The van der Waals surface area contributed by atoms with Crippen LogP contribution in [0.4, 0.5) is 0 Å². The molecule has 0 amide bonds. The second kappa shape index (κ2) is 8.92. The van der Waals surface area contributed by atoms with E-state index < -0.39 is 0 Å². The largest absolute Gasteiger partial charge is 0.308 e. The van der Waals surface area contributed by atoms with Gasteiger partial charge >= 0.3 is 0 Å². The molecule has 0 spiro atoms. The third kappa shape index (κ3) is 6.50. The van der Waals surface area contributed by atoms with Crippen molar-refractivity contribution in [1.29, 1.82) is 0 Å². The Hall–Kier alpha value is -0.370. The van der Waals surface area contributed by atoms with Crippen LogP contribution in [0.1, 0.15) is 93.9 Å². The van der Waals surface area contributed by atoms with Crippen LogP contribution in [0.25, 0.3) is 0 Å². The minimum Gasteiger partial charge on any atom is -0.308 e. The highest BCUT2D eigenvalue weighted by Crippen LogP contribution is 2.31. The van der Waals surface area contributed by atoms with Crippen molar-refractivity contribution in [3.8, 4) is 0 Å². The van der Waals surface area contributed by atoms with Crippen molar-refractivity contribution < 1.29 is 4.79 Å². The first-order valence-electron chi connectivity index (χ1n) is 8.97. The van der Waals surface area contributed by atoms with E-state index in [-0.39, 0.29) is 16.9 Å². The second-order valence-corrected chi connectivity index (χ2v) is 7.77. The average molecular weight is 298 g/mol. The molecule has 0 radical (unpaired) electrons. The Labute approximate surface area is 133 Å². The topological polar surface area (TPSA) is 29.1 Å². The maximum Gasteiger partial charge on any atom is 0.143 e. The summed E-state index contributed by atoms with van der Waals surface area (Å²) in [5, 5.41) is 3.79. The fourth-order valence-corrected chi connectivity index (χ4v) is 2.79. The molecule has 0 aliphatic carbocycles. The first-order valence-corrected chi connectivity index (χ1v) is 8.97. The summed E-state index contributed by atoms with van der Waals surface area (Å²) >= 11 is 0. The van der Waals surface area contributed by atoms with Crippen LogP contribution in [0.15, 0.2) is 0 Å². The van der Waals surface area contributed by atoms with Crippen LogP contribution >= 0.6 is 0 Å². The van der Waals surface area contributed by atoms with Gasteiger partial charge in [-0.2, -0.15) is 0 Å². The monoisotopic (exact) mass is 297 g/mol. The zero-order valence-electron chi connectivity index (χ0n) is 15.8. The average Bonchev–Trinajstić information content (AvgIpc) is 2.43. The molecular formula is C19H39NO. The van der Waals surface area contributed by atoms with Crippen molar-refractivity contribution in [2.45, 2.75) is 105 Å². The number of rotatable bonds is 11. The quantitative estimate of drug-likeness (QED) is 0.556. The summed E-state index contributed by atoms with van der Waals surface area (Å²) in [6.07, 6.45) is 6.28. The molecule has 1 N–H and O–H groups in total. The Morgan fingerprint density at radius 3 is 1.81 bits per heavy atom. The predicted molar refractivity (Wildman–Crippen MR) is 93.7 cm³/mol. The summed E-state index contributed by atoms with van der Waals surface area (Å²) in [6, 6.07) is 0.309. The Morgan fingerprint density at radius 1 is 0.905 bits per heavy atom. The summed E-state index contributed by atoms with van der Waals surface area (Å²) in [6.45, 7) is 17.4. The first-order chi connectivity index (χ1) is 9.65. The van der Waals surface area contributed by atoms with Crippen molar-refractivity contribution in [1.82, 2.24) is 5.32 Å². The summed E-state index contributed by atoms with van der Waals surface area (Å²) in [4.78, 5) is 13.0. The van der Waals surface area contributed by atoms with Gasteiger partial charge in [-0.3, -0.25) is 4.79 Å². The van der Waals surface area contributed by atoms with Gasteiger partial charge in [0.2, 0.25) is 0 Å². The van der Waals surface area contributed by atoms with Crippen LogP contribution < -0.4 is 5.32 Å². The third-order valence-corrected chi connectivity index (χ3v) is 5.03.